The molecule has 8 nitrogen and oxygen atoms in total. The minimum absolute atomic E-state index is 0.00868. The fourth-order valence-corrected chi connectivity index (χ4v) is 5.35. The van der Waals surface area contributed by atoms with Gasteiger partial charge in [0.15, 0.2) is 23.3 Å². The van der Waals surface area contributed by atoms with Crippen molar-refractivity contribution in [3.63, 3.8) is 0 Å². The number of nitrogens with zero attached hydrogens (tertiary/aromatic N) is 5. The predicted octanol–water partition coefficient (Wildman–Crippen LogP) is 5.85. The van der Waals surface area contributed by atoms with Crippen molar-refractivity contribution in [2.75, 3.05) is 17.2 Å². The van der Waals surface area contributed by atoms with Crippen molar-refractivity contribution in [2.24, 2.45) is 0 Å². The molecule has 1 aliphatic carbocycles. The Labute approximate surface area is 223 Å². The van der Waals surface area contributed by atoms with Crippen LogP contribution in [0.2, 0.25) is 0 Å². The molecule has 1 aliphatic heterocycles. The highest BCUT2D eigenvalue weighted by Gasteiger charge is 2.30. The summed E-state index contributed by atoms with van der Waals surface area (Å²) in [5.74, 6) is -2.44. The predicted molar refractivity (Wildman–Crippen MR) is 143 cm³/mol. The Morgan fingerprint density at radius 3 is 2.59 bits per heavy atom. The minimum atomic E-state index is -1.40. The fraction of sp³-hybridized carbons (Fsp3) is 0.393. The highest BCUT2D eigenvalue weighted by Crippen LogP contribution is 2.41. The number of hydrogen-bond acceptors (Lipinski definition) is 8. The van der Waals surface area contributed by atoms with E-state index < -0.39 is 23.4 Å². The van der Waals surface area contributed by atoms with Crippen LogP contribution in [0.25, 0.3) is 22.3 Å². The number of halogens is 3. The molecule has 4 aromatic rings. The summed E-state index contributed by atoms with van der Waals surface area (Å²) in [7, 11) is 0. The molecular formula is C28H29F3N8. The number of rotatable bonds is 6. The summed E-state index contributed by atoms with van der Waals surface area (Å²) < 4.78 is 41.1. The first-order chi connectivity index (χ1) is 18.8. The number of fused-ring (bicyclic) bond motifs is 1. The van der Waals surface area contributed by atoms with Crippen LogP contribution in [-0.4, -0.2) is 43.0 Å². The van der Waals surface area contributed by atoms with Gasteiger partial charge in [0.25, 0.3) is 5.95 Å². The first-order valence-corrected chi connectivity index (χ1v) is 13.2. The van der Waals surface area contributed by atoms with Crippen LogP contribution in [0.5, 0.6) is 0 Å². The maximum absolute atomic E-state index is 14.2. The summed E-state index contributed by atoms with van der Waals surface area (Å²) >= 11 is 0. The number of piperidine rings is 1. The van der Waals surface area contributed by atoms with Gasteiger partial charge < -0.3 is 16.0 Å². The van der Waals surface area contributed by atoms with Crippen LogP contribution in [-0.2, 0) is 0 Å². The molecule has 1 saturated carbocycles. The molecule has 2 fully saturated rings. The van der Waals surface area contributed by atoms with Crippen LogP contribution in [0.1, 0.15) is 57.4 Å². The first kappa shape index (κ1) is 25.4. The van der Waals surface area contributed by atoms with Gasteiger partial charge in [-0.25, -0.2) is 23.7 Å². The van der Waals surface area contributed by atoms with Gasteiger partial charge in [-0.05, 0) is 69.7 Å². The number of anilines is 3. The van der Waals surface area contributed by atoms with E-state index in [-0.39, 0.29) is 17.4 Å². The van der Waals surface area contributed by atoms with Crippen LogP contribution >= 0.6 is 0 Å². The van der Waals surface area contributed by atoms with Crippen molar-refractivity contribution in [2.45, 2.75) is 63.5 Å². The highest BCUT2D eigenvalue weighted by atomic mass is 19.2. The van der Waals surface area contributed by atoms with E-state index in [0.717, 1.165) is 54.5 Å². The van der Waals surface area contributed by atoms with Crippen LogP contribution in [0.4, 0.5) is 30.6 Å². The van der Waals surface area contributed by atoms with Gasteiger partial charge in [0.1, 0.15) is 11.6 Å². The molecule has 3 N–H and O–H groups in total. The molecule has 1 saturated heterocycles. The Morgan fingerprint density at radius 1 is 0.974 bits per heavy atom. The average Bonchev–Trinajstić information content (AvgIpc) is 2.86. The molecule has 2 aliphatic rings. The molecule has 0 amide bonds. The second-order valence-electron chi connectivity index (χ2n) is 10.9. The zero-order chi connectivity index (χ0) is 27.1. The molecule has 39 heavy (non-hydrogen) atoms. The Hall–Kier alpha value is -3.86. The third-order valence-corrected chi connectivity index (χ3v) is 7.53. The molecule has 202 valence electrons. The zero-order valence-corrected chi connectivity index (χ0v) is 21.7. The third-order valence-electron chi connectivity index (χ3n) is 7.53. The van der Waals surface area contributed by atoms with Gasteiger partial charge in [-0.2, -0.15) is 9.37 Å². The number of pyridine rings is 3. The fourth-order valence-electron chi connectivity index (χ4n) is 5.35. The van der Waals surface area contributed by atoms with Crippen molar-refractivity contribution >= 4 is 28.4 Å². The zero-order valence-electron chi connectivity index (χ0n) is 21.7. The van der Waals surface area contributed by atoms with Crippen LogP contribution in [0.3, 0.4) is 0 Å². The lowest BCUT2D eigenvalue weighted by molar-refractivity contribution is 0.286. The van der Waals surface area contributed by atoms with Crippen molar-refractivity contribution in [1.29, 1.82) is 0 Å². The molecule has 0 spiro atoms. The Kier molecular flexibility index (Phi) is 6.54. The summed E-state index contributed by atoms with van der Waals surface area (Å²) in [6.45, 7) is 5.31. The van der Waals surface area contributed by atoms with E-state index in [4.69, 9.17) is 9.97 Å². The summed E-state index contributed by atoms with van der Waals surface area (Å²) in [5.41, 5.74) is 2.52. The molecule has 5 heterocycles. The largest absolute Gasteiger partial charge is 0.367 e. The number of aromatic nitrogens is 5. The molecule has 0 aromatic carbocycles. The average molecular weight is 535 g/mol. The molecular weight excluding hydrogens is 505 g/mol. The highest BCUT2D eigenvalue weighted by molar-refractivity contribution is 5.93. The molecule has 0 radical (unpaired) electrons. The Morgan fingerprint density at radius 2 is 1.82 bits per heavy atom. The third kappa shape index (κ3) is 5.23. The van der Waals surface area contributed by atoms with Gasteiger partial charge >= 0.3 is 0 Å². The quantitative estimate of drug-likeness (QED) is 0.265. The van der Waals surface area contributed by atoms with E-state index in [0.29, 0.717) is 23.4 Å². The first-order valence-electron chi connectivity index (χ1n) is 13.2. The number of hydrogen-bond donors (Lipinski definition) is 3. The van der Waals surface area contributed by atoms with Gasteiger partial charge in [0.05, 0.1) is 11.7 Å². The van der Waals surface area contributed by atoms with Crippen molar-refractivity contribution in [3.8, 4) is 11.4 Å². The molecule has 6 rings (SSSR count). The lowest BCUT2D eigenvalue weighted by atomic mass is 9.79. The maximum atomic E-state index is 14.2. The van der Waals surface area contributed by atoms with Gasteiger partial charge in [-0.1, -0.05) is 6.42 Å². The number of nitrogens with one attached hydrogen (secondary N) is 3. The normalized spacial score (nSPS) is 19.1. The SMILES string of the molecule is CC1(C)CC(Nc2nc(-c3ccnc(Nc4nc(F)c(F)cc4F)c3)nc3cncc(C4CCC4)c23)CCN1. The molecule has 4 aromatic heterocycles. The lowest BCUT2D eigenvalue weighted by Crippen LogP contribution is -2.50. The summed E-state index contributed by atoms with van der Waals surface area (Å²) in [5, 5.41) is 10.9. The van der Waals surface area contributed by atoms with E-state index in [1.807, 2.05) is 6.20 Å². The van der Waals surface area contributed by atoms with Gasteiger partial charge in [0.2, 0.25) is 0 Å². The van der Waals surface area contributed by atoms with E-state index in [2.05, 4.69) is 44.7 Å². The summed E-state index contributed by atoms with van der Waals surface area (Å²) in [6, 6.07) is 4.02. The van der Waals surface area contributed by atoms with E-state index in [1.165, 1.54) is 12.6 Å². The van der Waals surface area contributed by atoms with Crippen molar-refractivity contribution in [3.05, 3.63) is 59.9 Å². The Balaban J connectivity index is 1.40. The van der Waals surface area contributed by atoms with Gasteiger partial charge in [-0.15, -0.1) is 0 Å². The van der Waals surface area contributed by atoms with Crippen LogP contribution in [0.15, 0.2) is 36.8 Å². The lowest BCUT2D eigenvalue weighted by Gasteiger charge is -2.37. The van der Waals surface area contributed by atoms with Gasteiger partial charge in [0, 0.05) is 41.0 Å². The summed E-state index contributed by atoms with van der Waals surface area (Å²) in [4.78, 5) is 21.8. The van der Waals surface area contributed by atoms with Crippen LogP contribution in [0, 0.1) is 17.6 Å². The second kappa shape index (κ2) is 10.0. The summed E-state index contributed by atoms with van der Waals surface area (Å²) in [6.07, 6.45) is 10.5. The van der Waals surface area contributed by atoms with Crippen molar-refractivity contribution < 1.29 is 13.2 Å². The maximum Gasteiger partial charge on any atom is 0.251 e. The van der Waals surface area contributed by atoms with Crippen molar-refractivity contribution in [1.82, 2.24) is 30.2 Å². The monoisotopic (exact) mass is 534 g/mol. The van der Waals surface area contributed by atoms with Crippen LogP contribution < -0.4 is 16.0 Å². The standard InChI is InChI=1S/C28H29F3N8/c1-28(2)12-17(7-9-34-28)35-27-23-18(15-4-3-5-15)13-32-14-21(23)36-25(39-27)16-6-8-33-22(10-16)37-26-20(30)11-19(29)24(31)38-26/h6,8,10-11,13-15,17,34H,3-5,7,9,12H2,1-2H3,(H,33,37,38)(H,35,36,39). The van der Waals surface area contributed by atoms with E-state index >= 15 is 0 Å². The van der Waals surface area contributed by atoms with E-state index in [9.17, 15) is 13.2 Å². The topological polar surface area (TPSA) is 101 Å². The molecule has 1 unspecified atom stereocenters. The second-order valence-corrected chi connectivity index (χ2v) is 10.9. The minimum Gasteiger partial charge on any atom is -0.367 e. The van der Waals surface area contributed by atoms with E-state index in [1.54, 1.807) is 18.3 Å². The Bertz CT molecular complexity index is 1540. The molecule has 0 bridgehead atoms. The molecule has 11 heteroatoms. The smallest absolute Gasteiger partial charge is 0.251 e. The van der Waals surface area contributed by atoms with Gasteiger partial charge in [-0.3, -0.25) is 4.98 Å². The molecule has 1 atom stereocenters.